The number of aromatic nitrogens is 1. The number of allylic oxidation sites excluding steroid dienone is 3. The lowest BCUT2D eigenvalue weighted by Gasteiger charge is -2.34. The van der Waals surface area contributed by atoms with Crippen LogP contribution in [0.2, 0.25) is 0 Å². The standard InChI is InChI=1S/C26H31NO5/c1-4-23-22(27-25(32-23)17-5-9-20(30-3)10-6-17)12-14-31-21-11-13-26(2)18(15-21)7-8-19(26)16-24(28)29/h5-6,9-11,15,19H,4,7-8,12-14,16H2,1-3H3,(H,28,29)/t19-,26?/m1/s1. The second kappa shape index (κ2) is 9.23. The summed E-state index contributed by atoms with van der Waals surface area (Å²) in [7, 11) is 1.65. The van der Waals surface area contributed by atoms with Crippen LogP contribution in [-0.2, 0) is 22.4 Å². The van der Waals surface area contributed by atoms with Crippen LogP contribution in [0.4, 0.5) is 0 Å². The van der Waals surface area contributed by atoms with Crippen LogP contribution in [0.1, 0.15) is 51.0 Å². The number of carbonyl (C=O) groups is 1. The number of hydrogen-bond donors (Lipinski definition) is 1. The number of carboxylic acid groups (broad SMARTS) is 1. The van der Waals surface area contributed by atoms with E-state index >= 15 is 0 Å². The molecule has 4 rings (SSSR count). The molecule has 1 unspecified atom stereocenters. The fourth-order valence-corrected chi connectivity index (χ4v) is 4.89. The van der Waals surface area contributed by atoms with E-state index in [2.05, 4.69) is 26.0 Å². The predicted molar refractivity (Wildman–Crippen MR) is 121 cm³/mol. The van der Waals surface area contributed by atoms with E-state index in [1.165, 1.54) is 5.57 Å². The molecule has 0 aliphatic heterocycles. The molecule has 6 nitrogen and oxygen atoms in total. The number of aryl methyl sites for hydroxylation is 1. The Balaban J connectivity index is 1.38. The predicted octanol–water partition coefficient (Wildman–Crippen LogP) is 5.58. The van der Waals surface area contributed by atoms with E-state index in [1.807, 2.05) is 24.3 Å². The minimum absolute atomic E-state index is 0.0555. The molecule has 0 saturated heterocycles. The molecule has 1 saturated carbocycles. The molecule has 6 heteroatoms. The van der Waals surface area contributed by atoms with Gasteiger partial charge in [-0.15, -0.1) is 0 Å². The van der Waals surface area contributed by atoms with Gasteiger partial charge in [0.1, 0.15) is 17.3 Å². The van der Waals surface area contributed by atoms with Crippen molar-refractivity contribution in [2.75, 3.05) is 13.7 Å². The SMILES string of the molecule is CCc1oc(-c2ccc(OC)cc2)nc1CCOC1=CCC2(C)C(=C1)CC[C@@H]2CC(=O)O. The topological polar surface area (TPSA) is 81.8 Å². The van der Waals surface area contributed by atoms with Crippen molar-refractivity contribution in [3.63, 3.8) is 0 Å². The average Bonchev–Trinajstić information content (AvgIpc) is 3.34. The van der Waals surface area contributed by atoms with Crippen LogP contribution in [0.25, 0.3) is 11.5 Å². The van der Waals surface area contributed by atoms with Crippen molar-refractivity contribution >= 4 is 5.97 Å². The fourth-order valence-electron chi connectivity index (χ4n) is 4.89. The number of nitrogens with zero attached hydrogens (tertiary/aromatic N) is 1. The molecule has 2 aromatic rings. The third-order valence-corrected chi connectivity index (χ3v) is 6.91. The molecule has 2 aliphatic carbocycles. The van der Waals surface area contributed by atoms with Gasteiger partial charge >= 0.3 is 5.97 Å². The third kappa shape index (κ3) is 4.45. The zero-order valence-electron chi connectivity index (χ0n) is 19.0. The molecule has 0 spiro atoms. The summed E-state index contributed by atoms with van der Waals surface area (Å²) in [6.45, 7) is 4.77. The molecule has 1 fully saturated rings. The van der Waals surface area contributed by atoms with E-state index in [0.717, 1.165) is 54.2 Å². The summed E-state index contributed by atoms with van der Waals surface area (Å²) in [5.74, 6) is 2.66. The number of carboxylic acids is 1. The molecule has 0 amide bonds. The maximum absolute atomic E-state index is 11.2. The largest absolute Gasteiger partial charge is 0.497 e. The van der Waals surface area contributed by atoms with Crippen molar-refractivity contribution in [3.8, 4) is 17.2 Å². The van der Waals surface area contributed by atoms with E-state index in [1.54, 1.807) is 7.11 Å². The van der Waals surface area contributed by atoms with Gasteiger partial charge < -0.3 is 19.0 Å². The molecule has 1 heterocycles. The van der Waals surface area contributed by atoms with E-state index in [0.29, 0.717) is 18.9 Å². The van der Waals surface area contributed by atoms with E-state index in [9.17, 15) is 9.90 Å². The summed E-state index contributed by atoms with van der Waals surface area (Å²) in [6.07, 6.45) is 8.62. The molecule has 170 valence electrons. The van der Waals surface area contributed by atoms with Crippen molar-refractivity contribution in [3.05, 3.63) is 59.2 Å². The van der Waals surface area contributed by atoms with Crippen LogP contribution >= 0.6 is 0 Å². The van der Waals surface area contributed by atoms with Gasteiger partial charge in [-0.3, -0.25) is 4.79 Å². The maximum Gasteiger partial charge on any atom is 0.303 e. The Morgan fingerprint density at radius 3 is 2.78 bits per heavy atom. The number of hydrogen-bond acceptors (Lipinski definition) is 5. The number of rotatable bonds is 9. The molecule has 0 bridgehead atoms. The molecule has 2 atom stereocenters. The fraction of sp³-hybridized carbons (Fsp3) is 0.462. The Bertz CT molecular complexity index is 1030. The molecule has 32 heavy (non-hydrogen) atoms. The van der Waals surface area contributed by atoms with Gasteiger partial charge in [-0.05, 0) is 67.0 Å². The van der Waals surface area contributed by atoms with Gasteiger partial charge in [0, 0.05) is 24.8 Å². The summed E-state index contributed by atoms with van der Waals surface area (Å²) in [5, 5.41) is 9.22. The lowest BCUT2D eigenvalue weighted by molar-refractivity contribution is -0.138. The van der Waals surface area contributed by atoms with E-state index in [4.69, 9.17) is 18.9 Å². The Morgan fingerprint density at radius 2 is 2.09 bits per heavy atom. The van der Waals surface area contributed by atoms with Crippen molar-refractivity contribution in [2.24, 2.45) is 11.3 Å². The van der Waals surface area contributed by atoms with Crippen LogP contribution in [-0.4, -0.2) is 29.8 Å². The van der Waals surface area contributed by atoms with Crippen molar-refractivity contribution < 1.29 is 23.8 Å². The van der Waals surface area contributed by atoms with Crippen LogP contribution in [0, 0.1) is 11.3 Å². The Labute approximate surface area is 188 Å². The molecular formula is C26H31NO5. The molecule has 1 N–H and O–H groups in total. The summed E-state index contributed by atoms with van der Waals surface area (Å²) in [4.78, 5) is 15.9. The lowest BCUT2D eigenvalue weighted by Crippen LogP contribution is -2.27. The number of ether oxygens (including phenoxy) is 2. The Morgan fingerprint density at radius 1 is 1.31 bits per heavy atom. The van der Waals surface area contributed by atoms with E-state index < -0.39 is 5.97 Å². The van der Waals surface area contributed by atoms with Crippen molar-refractivity contribution in [2.45, 2.75) is 52.4 Å². The van der Waals surface area contributed by atoms with Crippen LogP contribution in [0.5, 0.6) is 5.75 Å². The number of oxazole rings is 1. The quantitative estimate of drug-likeness (QED) is 0.552. The first kappa shape index (κ1) is 22.2. The highest BCUT2D eigenvalue weighted by molar-refractivity contribution is 5.67. The zero-order valence-corrected chi connectivity index (χ0v) is 19.0. The number of aliphatic carboxylic acids is 1. The highest BCUT2D eigenvalue weighted by atomic mass is 16.5. The smallest absolute Gasteiger partial charge is 0.303 e. The summed E-state index contributed by atoms with van der Waals surface area (Å²) >= 11 is 0. The van der Waals surface area contributed by atoms with Crippen LogP contribution < -0.4 is 4.74 Å². The monoisotopic (exact) mass is 437 g/mol. The zero-order chi connectivity index (χ0) is 22.7. The van der Waals surface area contributed by atoms with Crippen molar-refractivity contribution in [1.29, 1.82) is 0 Å². The third-order valence-electron chi connectivity index (χ3n) is 6.91. The minimum Gasteiger partial charge on any atom is -0.497 e. The van der Waals surface area contributed by atoms with Gasteiger partial charge in [0.25, 0.3) is 0 Å². The number of fused-ring (bicyclic) bond motifs is 1. The van der Waals surface area contributed by atoms with Crippen molar-refractivity contribution in [1.82, 2.24) is 4.98 Å². The Hall–Kier alpha value is -3.02. The first-order chi connectivity index (χ1) is 15.4. The minimum atomic E-state index is -0.711. The van der Waals surface area contributed by atoms with Gasteiger partial charge in [0.15, 0.2) is 0 Å². The number of benzene rings is 1. The highest BCUT2D eigenvalue weighted by Gasteiger charge is 2.44. The first-order valence-corrected chi connectivity index (χ1v) is 11.3. The van der Waals surface area contributed by atoms with Crippen LogP contribution in [0.3, 0.4) is 0 Å². The number of methoxy groups -OCH3 is 1. The van der Waals surface area contributed by atoms with Gasteiger partial charge in [-0.2, -0.15) is 0 Å². The Kier molecular flexibility index (Phi) is 6.40. The van der Waals surface area contributed by atoms with Crippen LogP contribution in [0.15, 0.2) is 52.2 Å². The van der Waals surface area contributed by atoms with E-state index in [-0.39, 0.29) is 17.8 Å². The molecule has 1 aromatic carbocycles. The van der Waals surface area contributed by atoms with Gasteiger partial charge in [-0.1, -0.05) is 19.4 Å². The second-order valence-corrected chi connectivity index (χ2v) is 8.80. The summed E-state index contributed by atoms with van der Waals surface area (Å²) in [6, 6.07) is 7.68. The first-order valence-electron chi connectivity index (χ1n) is 11.3. The summed E-state index contributed by atoms with van der Waals surface area (Å²) in [5.41, 5.74) is 3.11. The average molecular weight is 438 g/mol. The molecule has 0 radical (unpaired) electrons. The highest BCUT2D eigenvalue weighted by Crippen LogP contribution is 2.53. The maximum atomic E-state index is 11.2. The molecule has 2 aliphatic rings. The molecular weight excluding hydrogens is 406 g/mol. The second-order valence-electron chi connectivity index (χ2n) is 8.80. The van der Waals surface area contributed by atoms with Gasteiger partial charge in [0.05, 0.1) is 19.4 Å². The normalized spacial score (nSPS) is 22.2. The molecule has 1 aromatic heterocycles. The van der Waals surface area contributed by atoms with Gasteiger partial charge in [-0.25, -0.2) is 4.98 Å². The lowest BCUT2D eigenvalue weighted by atomic mass is 9.71. The van der Waals surface area contributed by atoms with Gasteiger partial charge in [0.2, 0.25) is 5.89 Å². The summed E-state index contributed by atoms with van der Waals surface area (Å²) < 4.78 is 17.3.